The van der Waals surface area contributed by atoms with Crippen LogP contribution in [0.3, 0.4) is 0 Å². The van der Waals surface area contributed by atoms with Crippen LogP contribution in [-0.2, 0) is 13.1 Å². The van der Waals surface area contributed by atoms with Gasteiger partial charge in [0.05, 0.1) is 0 Å². The number of aromatic nitrogens is 1. The van der Waals surface area contributed by atoms with Crippen molar-refractivity contribution in [1.29, 1.82) is 0 Å². The standard InChI is InChI=1S/C15H20ClN3S/c1-3-7-17-9-14-10-18-15(20-14)19(2)11-12-5-4-6-13(16)8-12/h4-6,8,10,17H,3,7,9,11H2,1-2H3. The highest BCUT2D eigenvalue weighted by Gasteiger charge is 2.07. The molecule has 1 aromatic heterocycles. The van der Waals surface area contributed by atoms with Crippen LogP contribution in [0.2, 0.25) is 5.02 Å². The van der Waals surface area contributed by atoms with E-state index in [1.807, 2.05) is 24.4 Å². The molecule has 20 heavy (non-hydrogen) atoms. The number of rotatable bonds is 7. The monoisotopic (exact) mass is 309 g/mol. The fourth-order valence-electron chi connectivity index (χ4n) is 1.92. The Labute approximate surface area is 129 Å². The number of hydrogen-bond acceptors (Lipinski definition) is 4. The first-order valence-corrected chi connectivity index (χ1v) is 7.99. The largest absolute Gasteiger partial charge is 0.347 e. The smallest absolute Gasteiger partial charge is 0.185 e. The molecule has 0 bridgehead atoms. The Morgan fingerprint density at radius 2 is 2.25 bits per heavy atom. The van der Waals surface area contributed by atoms with Gasteiger partial charge in [-0.05, 0) is 30.7 Å². The molecule has 1 heterocycles. The van der Waals surface area contributed by atoms with Gasteiger partial charge in [-0.15, -0.1) is 11.3 Å². The predicted molar refractivity (Wildman–Crippen MR) is 87.7 cm³/mol. The normalized spacial score (nSPS) is 10.8. The molecule has 0 aliphatic heterocycles. The maximum atomic E-state index is 6.01. The van der Waals surface area contributed by atoms with Crippen LogP contribution in [0.4, 0.5) is 5.13 Å². The van der Waals surface area contributed by atoms with Gasteiger partial charge in [-0.3, -0.25) is 0 Å². The molecule has 0 saturated heterocycles. The van der Waals surface area contributed by atoms with Gasteiger partial charge in [0.15, 0.2) is 5.13 Å². The number of nitrogens with one attached hydrogen (secondary N) is 1. The van der Waals surface area contributed by atoms with Crippen molar-refractivity contribution in [3.8, 4) is 0 Å². The molecular formula is C15H20ClN3S. The highest BCUT2D eigenvalue weighted by molar-refractivity contribution is 7.15. The number of halogens is 1. The van der Waals surface area contributed by atoms with E-state index in [0.717, 1.165) is 36.2 Å². The van der Waals surface area contributed by atoms with Gasteiger partial charge in [-0.2, -0.15) is 0 Å². The van der Waals surface area contributed by atoms with E-state index in [-0.39, 0.29) is 0 Å². The quantitative estimate of drug-likeness (QED) is 0.785. The van der Waals surface area contributed by atoms with Crippen LogP contribution >= 0.6 is 22.9 Å². The first-order valence-electron chi connectivity index (χ1n) is 6.80. The summed E-state index contributed by atoms with van der Waals surface area (Å²) in [6, 6.07) is 7.95. The van der Waals surface area contributed by atoms with Crippen LogP contribution < -0.4 is 10.2 Å². The third-order valence-corrected chi connectivity index (χ3v) is 4.25. The zero-order valence-corrected chi connectivity index (χ0v) is 13.5. The fraction of sp³-hybridized carbons (Fsp3) is 0.400. The van der Waals surface area contributed by atoms with E-state index in [9.17, 15) is 0 Å². The van der Waals surface area contributed by atoms with Crippen molar-refractivity contribution < 1.29 is 0 Å². The summed E-state index contributed by atoms with van der Waals surface area (Å²) in [4.78, 5) is 7.91. The highest BCUT2D eigenvalue weighted by atomic mass is 35.5. The van der Waals surface area contributed by atoms with Gasteiger partial charge < -0.3 is 10.2 Å². The second-order valence-electron chi connectivity index (χ2n) is 4.77. The van der Waals surface area contributed by atoms with Crippen molar-refractivity contribution >= 4 is 28.1 Å². The molecular weight excluding hydrogens is 290 g/mol. The van der Waals surface area contributed by atoms with E-state index in [4.69, 9.17) is 11.6 Å². The number of benzene rings is 1. The minimum atomic E-state index is 0.777. The third kappa shape index (κ3) is 4.47. The Balaban J connectivity index is 1.93. The van der Waals surface area contributed by atoms with Crippen LogP contribution in [0.25, 0.3) is 0 Å². The van der Waals surface area contributed by atoms with E-state index in [0.29, 0.717) is 0 Å². The van der Waals surface area contributed by atoms with Crippen LogP contribution in [0, 0.1) is 0 Å². The first-order chi connectivity index (χ1) is 9.69. The molecule has 108 valence electrons. The van der Waals surface area contributed by atoms with E-state index in [2.05, 4.69) is 35.2 Å². The lowest BCUT2D eigenvalue weighted by Crippen LogP contribution is -2.15. The van der Waals surface area contributed by atoms with E-state index in [1.165, 1.54) is 10.4 Å². The summed E-state index contributed by atoms with van der Waals surface area (Å²) in [5.74, 6) is 0. The SMILES string of the molecule is CCCNCc1cnc(N(C)Cc2cccc(Cl)c2)s1. The molecule has 2 aromatic rings. The van der Waals surface area contributed by atoms with Crippen LogP contribution in [-0.4, -0.2) is 18.6 Å². The van der Waals surface area contributed by atoms with Crippen LogP contribution in [0.5, 0.6) is 0 Å². The van der Waals surface area contributed by atoms with Gasteiger partial charge in [0, 0.05) is 36.2 Å². The Morgan fingerprint density at radius 3 is 3.00 bits per heavy atom. The van der Waals surface area contributed by atoms with Crippen molar-refractivity contribution in [2.24, 2.45) is 0 Å². The lowest BCUT2D eigenvalue weighted by molar-refractivity contribution is 0.681. The Bertz CT molecular complexity index is 541. The first kappa shape index (κ1) is 15.3. The molecule has 0 spiro atoms. The third-order valence-electron chi connectivity index (χ3n) is 2.90. The molecule has 0 aliphatic carbocycles. The summed E-state index contributed by atoms with van der Waals surface area (Å²) < 4.78 is 0. The molecule has 3 nitrogen and oxygen atoms in total. The lowest BCUT2D eigenvalue weighted by atomic mass is 10.2. The van der Waals surface area contributed by atoms with E-state index in [1.54, 1.807) is 11.3 Å². The molecule has 0 unspecified atom stereocenters. The lowest BCUT2D eigenvalue weighted by Gasteiger charge is -2.15. The van der Waals surface area contributed by atoms with Crippen molar-refractivity contribution in [2.75, 3.05) is 18.5 Å². The predicted octanol–water partition coefficient (Wildman–Crippen LogP) is 3.93. The van der Waals surface area contributed by atoms with Gasteiger partial charge in [0.25, 0.3) is 0 Å². The number of thiazole rings is 1. The topological polar surface area (TPSA) is 28.2 Å². The van der Waals surface area contributed by atoms with Gasteiger partial charge in [-0.25, -0.2) is 4.98 Å². The minimum Gasteiger partial charge on any atom is -0.347 e. The van der Waals surface area contributed by atoms with Crippen LogP contribution in [0.1, 0.15) is 23.8 Å². The average molecular weight is 310 g/mol. The van der Waals surface area contributed by atoms with Crippen molar-refractivity contribution in [1.82, 2.24) is 10.3 Å². The Morgan fingerprint density at radius 1 is 1.40 bits per heavy atom. The second-order valence-corrected chi connectivity index (χ2v) is 6.30. The summed E-state index contributed by atoms with van der Waals surface area (Å²) in [6.45, 7) is 4.93. The summed E-state index contributed by atoms with van der Waals surface area (Å²) in [6.07, 6.45) is 3.11. The van der Waals surface area contributed by atoms with Crippen molar-refractivity contribution in [3.63, 3.8) is 0 Å². The Kier molecular flexibility index (Phi) is 5.83. The summed E-state index contributed by atoms with van der Waals surface area (Å²) in [5.41, 5.74) is 1.20. The number of nitrogens with zero attached hydrogens (tertiary/aromatic N) is 2. The second kappa shape index (κ2) is 7.62. The molecule has 5 heteroatoms. The molecule has 0 fully saturated rings. The van der Waals surface area contributed by atoms with Crippen LogP contribution in [0.15, 0.2) is 30.5 Å². The van der Waals surface area contributed by atoms with E-state index >= 15 is 0 Å². The van der Waals surface area contributed by atoms with Crippen molar-refractivity contribution in [2.45, 2.75) is 26.4 Å². The summed E-state index contributed by atoms with van der Waals surface area (Å²) in [7, 11) is 2.06. The van der Waals surface area contributed by atoms with Crippen molar-refractivity contribution in [3.05, 3.63) is 45.9 Å². The number of hydrogen-bond donors (Lipinski definition) is 1. The molecule has 1 aromatic carbocycles. The highest BCUT2D eigenvalue weighted by Crippen LogP contribution is 2.23. The van der Waals surface area contributed by atoms with Gasteiger partial charge in [-0.1, -0.05) is 30.7 Å². The summed E-state index contributed by atoms with van der Waals surface area (Å²) >= 11 is 7.74. The molecule has 0 radical (unpaired) electrons. The maximum absolute atomic E-state index is 6.01. The van der Waals surface area contributed by atoms with E-state index < -0.39 is 0 Å². The number of anilines is 1. The molecule has 1 N–H and O–H groups in total. The summed E-state index contributed by atoms with van der Waals surface area (Å²) in [5, 5.41) is 5.21. The molecule has 0 aliphatic rings. The average Bonchev–Trinajstić information content (AvgIpc) is 2.88. The molecule has 0 saturated carbocycles. The zero-order valence-electron chi connectivity index (χ0n) is 11.9. The van der Waals surface area contributed by atoms with Gasteiger partial charge in [0.2, 0.25) is 0 Å². The Hall–Kier alpha value is -1.10. The zero-order chi connectivity index (χ0) is 14.4. The molecule has 0 atom stereocenters. The van der Waals surface area contributed by atoms with Gasteiger partial charge in [0.1, 0.15) is 0 Å². The fourth-order valence-corrected chi connectivity index (χ4v) is 2.97. The minimum absolute atomic E-state index is 0.777. The maximum Gasteiger partial charge on any atom is 0.185 e. The van der Waals surface area contributed by atoms with Gasteiger partial charge >= 0.3 is 0 Å². The molecule has 2 rings (SSSR count). The molecule has 0 amide bonds.